The molecule has 0 radical (unpaired) electrons. The minimum Gasteiger partial charge on any atom is -0.382 e. The SMILES string of the molecule is COCC1OC(O)C(OCc2ccccc2)C(OCc2ccccc2)C1OCc1ccccc1. The monoisotopic (exact) mass is 464 g/mol. The van der Waals surface area contributed by atoms with E-state index in [0.29, 0.717) is 19.8 Å². The van der Waals surface area contributed by atoms with Gasteiger partial charge in [-0.25, -0.2) is 0 Å². The average Bonchev–Trinajstić information content (AvgIpc) is 2.88. The maximum Gasteiger partial charge on any atom is 0.184 e. The minimum absolute atomic E-state index is 0.257. The van der Waals surface area contributed by atoms with Crippen molar-refractivity contribution in [3.63, 3.8) is 0 Å². The lowest BCUT2D eigenvalue weighted by atomic mass is 9.98. The number of aliphatic hydroxyl groups is 1. The van der Waals surface area contributed by atoms with Gasteiger partial charge < -0.3 is 28.8 Å². The van der Waals surface area contributed by atoms with Gasteiger partial charge in [0, 0.05) is 7.11 Å². The Bertz CT molecular complexity index is 952. The van der Waals surface area contributed by atoms with Crippen LogP contribution in [-0.2, 0) is 43.5 Å². The molecule has 34 heavy (non-hydrogen) atoms. The van der Waals surface area contributed by atoms with Gasteiger partial charge in [-0.1, -0.05) is 91.0 Å². The molecule has 3 aromatic rings. The molecule has 1 aliphatic heterocycles. The fourth-order valence-corrected chi connectivity index (χ4v) is 4.06. The number of aliphatic hydroxyl groups excluding tert-OH is 1. The van der Waals surface area contributed by atoms with Gasteiger partial charge >= 0.3 is 0 Å². The minimum atomic E-state index is -1.18. The molecular formula is C28H32O6. The van der Waals surface area contributed by atoms with Crippen LogP contribution in [0.5, 0.6) is 0 Å². The smallest absolute Gasteiger partial charge is 0.184 e. The fraction of sp³-hybridized carbons (Fsp3) is 0.357. The average molecular weight is 465 g/mol. The zero-order valence-electron chi connectivity index (χ0n) is 19.4. The zero-order valence-corrected chi connectivity index (χ0v) is 19.4. The first-order valence-corrected chi connectivity index (χ1v) is 11.5. The summed E-state index contributed by atoms with van der Waals surface area (Å²) in [4.78, 5) is 0. The predicted octanol–water partition coefficient (Wildman–Crippen LogP) is 4.11. The van der Waals surface area contributed by atoms with Crippen molar-refractivity contribution in [2.45, 2.75) is 50.5 Å². The van der Waals surface area contributed by atoms with Crippen LogP contribution in [0, 0.1) is 0 Å². The van der Waals surface area contributed by atoms with Crippen molar-refractivity contribution in [2.75, 3.05) is 13.7 Å². The summed E-state index contributed by atoms with van der Waals surface area (Å²) in [5.74, 6) is 0. The van der Waals surface area contributed by atoms with Crippen LogP contribution in [0.15, 0.2) is 91.0 Å². The molecule has 0 aromatic heterocycles. The van der Waals surface area contributed by atoms with Crippen LogP contribution in [0.2, 0.25) is 0 Å². The summed E-state index contributed by atoms with van der Waals surface area (Å²) in [6.45, 7) is 1.31. The number of methoxy groups -OCH3 is 1. The van der Waals surface area contributed by atoms with Gasteiger partial charge in [-0.15, -0.1) is 0 Å². The Balaban J connectivity index is 1.55. The highest BCUT2D eigenvalue weighted by molar-refractivity contribution is 5.15. The van der Waals surface area contributed by atoms with E-state index in [4.69, 9.17) is 23.7 Å². The Morgan fingerprint density at radius 1 is 0.618 bits per heavy atom. The highest BCUT2D eigenvalue weighted by Crippen LogP contribution is 2.29. The Hall–Kier alpha value is -2.58. The van der Waals surface area contributed by atoms with Crippen molar-refractivity contribution in [1.82, 2.24) is 0 Å². The zero-order chi connectivity index (χ0) is 23.6. The lowest BCUT2D eigenvalue weighted by molar-refractivity contribution is -0.316. The lowest BCUT2D eigenvalue weighted by Gasteiger charge is -2.44. The van der Waals surface area contributed by atoms with Gasteiger partial charge in [0.1, 0.15) is 24.4 Å². The molecule has 0 bridgehead atoms. The van der Waals surface area contributed by atoms with E-state index in [0.717, 1.165) is 16.7 Å². The number of ether oxygens (including phenoxy) is 5. The third-order valence-electron chi connectivity index (χ3n) is 5.80. The van der Waals surface area contributed by atoms with Crippen LogP contribution in [0.4, 0.5) is 0 Å². The molecule has 6 heteroatoms. The van der Waals surface area contributed by atoms with E-state index in [-0.39, 0.29) is 6.61 Å². The summed E-state index contributed by atoms with van der Waals surface area (Å²) < 4.78 is 30.2. The summed E-state index contributed by atoms with van der Waals surface area (Å²) in [7, 11) is 1.60. The van der Waals surface area contributed by atoms with Crippen LogP contribution in [0.1, 0.15) is 16.7 Å². The second-order valence-corrected chi connectivity index (χ2v) is 8.30. The number of benzene rings is 3. The van der Waals surface area contributed by atoms with Crippen molar-refractivity contribution < 1.29 is 28.8 Å². The van der Waals surface area contributed by atoms with Crippen LogP contribution >= 0.6 is 0 Å². The second-order valence-electron chi connectivity index (χ2n) is 8.30. The number of rotatable bonds is 11. The molecule has 1 heterocycles. The molecule has 1 saturated heterocycles. The third-order valence-corrected chi connectivity index (χ3v) is 5.80. The molecule has 3 aromatic carbocycles. The molecule has 0 saturated carbocycles. The first-order chi connectivity index (χ1) is 16.7. The number of hydrogen-bond donors (Lipinski definition) is 1. The maximum absolute atomic E-state index is 10.9. The van der Waals surface area contributed by atoms with E-state index in [1.807, 2.05) is 91.0 Å². The van der Waals surface area contributed by atoms with Crippen molar-refractivity contribution in [3.05, 3.63) is 108 Å². The maximum atomic E-state index is 10.9. The van der Waals surface area contributed by atoms with Gasteiger partial charge in [0.25, 0.3) is 0 Å². The van der Waals surface area contributed by atoms with Gasteiger partial charge in [0.15, 0.2) is 6.29 Å². The van der Waals surface area contributed by atoms with Crippen molar-refractivity contribution in [1.29, 1.82) is 0 Å². The first-order valence-electron chi connectivity index (χ1n) is 11.5. The molecule has 180 valence electrons. The van der Waals surface area contributed by atoms with E-state index in [9.17, 15) is 5.11 Å². The summed E-state index contributed by atoms with van der Waals surface area (Å²) in [5.41, 5.74) is 3.06. The summed E-state index contributed by atoms with van der Waals surface area (Å²) in [6.07, 6.45) is -3.51. The van der Waals surface area contributed by atoms with E-state index >= 15 is 0 Å². The molecule has 1 fully saturated rings. The van der Waals surface area contributed by atoms with Crippen molar-refractivity contribution in [2.24, 2.45) is 0 Å². The molecule has 0 aliphatic carbocycles. The van der Waals surface area contributed by atoms with E-state index in [1.54, 1.807) is 7.11 Å². The molecule has 0 amide bonds. The van der Waals surface area contributed by atoms with E-state index < -0.39 is 30.7 Å². The van der Waals surface area contributed by atoms with Gasteiger partial charge in [0.05, 0.1) is 26.4 Å². The lowest BCUT2D eigenvalue weighted by Crippen LogP contribution is -2.61. The molecule has 1 N–H and O–H groups in total. The number of hydrogen-bond acceptors (Lipinski definition) is 6. The Kier molecular flexibility index (Phi) is 9.21. The molecule has 5 atom stereocenters. The van der Waals surface area contributed by atoms with Crippen LogP contribution < -0.4 is 0 Å². The summed E-state index contributed by atoms with van der Waals surface area (Å²) in [5, 5.41) is 10.9. The van der Waals surface area contributed by atoms with Crippen molar-refractivity contribution in [3.8, 4) is 0 Å². The topological polar surface area (TPSA) is 66.4 Å². The highest BCUT2D eigenvalue weighted by Gasteiger charge is 2.47. The van der Waals surface area contributed by atoms with Crippen LogP contribution in [-0.4, -0.2) is 49.5 Å². The summed E-state index contributed by atoms with van der Waals surface area (Å²) >= 11 is 0. The van der Waals surface area contributed by atoms with Crippen LogP contribution in [0.25, 0.3) is 0 Å². The Morgan fingerprint density at radius 3 is 1.47 bits per heavy atom. The second kappa shape index (κ2) is 12.8. The van der Waals surface area contributed by atoms with Gasteiger partial charge in [-0.3, -0.25) is 0 Å². The molecule has 4 rings (SSSR count). The normalized spacial score (nSPS) is 24.7. The van der Waals surface area contributed by atoms with Gasteiger partial charge in [-0.2, -0.15) is 0 Å². The van der Waals surface area contributed by atoms with E-state index in [1.165, 1.54) is 0 Å². The summed E-state index contributed by atoms with van der Waals surface area (Å²) in [6, 6.07) is 29.7. The quantitative estimate of drug-likeness (QED) is 0.461. The first kappa shape index (κ1) is 24.5. The highest BCUT2D eigenvalue weighted by atomic mass is 16.7. The third kappa shape index (κ3) is 6.73. The van der Waals surface area contributed by atoms with Gasteiger partial charge in [-0.05, 0) is 16.7 Å². The fourth-order valence-electron chi connectivity index (χ4n) is 4.06. The molecule has 1 aliphatic rings. The standard InChI is InChI=1S/C28H32O6/c1-30-20-24-25(31-17-21-11-5-2-6-12-21)26(32-18-22-13-7-3-8-14-22)27(28(29)34-24)33-19-23-15-9-4-10-16-23/h2-16,24-29H,17-20H2,1H3. The Morgan fingerprint density at radius 2 is 1.03 bits per heavy atom. The predicted molar refractivity (Wildman–Crippen MR) is 128 cm³/mol. The molecular weight excluding hydrogens is 432 g/mol. The van der Waals surface area contributed by atoms with Crippen LogP contribution in [0.3, 0.4) is 0 Å². The Labute approximate surface area is 201 Å². The van der Waals surface area contributed by atoms with Gasteiger partial charge in [0.2, 0.25) is 0 Å². The molecule has 6 nitrogen and oxygen atoms in total. The van der Waals surface area contributed by atoms with E-state index in [2.05, 4.69) is 0 Å². The molecule has 0 spiro atoms. The largest absolute Gasteiger partial charge is 0.382 e. The van der Waals surface area contributed by atoms with Crippen molar-refractivity contribution >= 4 is 0 Å². The molecule has 5 unspecified atom stereocenters.